The van der Waals surface area contributed by atoms with Crippen molar-refractivity contribution in [1.29, 1.82) is 0 Å². The summed E-state index contributed by atoms with van der Waals surface area (Å²) in [6.07, 6.45) is 4.95. The molecule has 7 heteroatoms. The van der Waals surface area contributed by atoms with Gasteiger partial charge in [-0.05, 0) is 25.2 Å². The summed E-state index contributed by atoms with van der Waals surface area (Å²) in [4.78, 5) is 4.04. The van der Waals surface area contributed by atoms with Gasteiger partial charge in [-0.25, -0.2) is 18.1 Å². The molecule has 0 radical (unpaired) electrons. The van der Waals surface area contributed by atoms with Gasteiger partial charge < -0.3 is 10.3 Å². The monoisotopic (exact) mass is 252 g/mol. The minimum atomic E-state index is -3.46. The van der Waals surface area contributed by atoms with Gasteiger partial charge in [0.25, 0.3) is 0 Å². The lowest BCUT2D eigenvalue weighted by atomic mass is 10.2. The summed E-state index contributed by atoms with van der Waals surface area (Å²) in [6, 6.07) is 4.56. The van der Waals surface area contributed by atoms with Crippen molar-refractivity contribution in [2.75, 3.05) is 12.8 Å². The van der Waals surface area contributed by atoms with Crippen molar-refractivity contribution in [3.05, 3.63) is 36.9 Å². The summed E-state index contributed by atoms with van der Waals surface area (Å²) < 4.78 is 27.1. The molecule has 1 aromatic carbocycles. The van der Waals surface area contributed by atoms with Crippen LogP contribution in [0.2, 0.25) is 0 Å². The highest BCUT2D eigenvalue weighted by Gasteiger charge is 2.13. The average Bonchev–Trinajstić information content (AvgIpc) is 2.82. The minimum Gasteiger partial charge on any atom is -0.397 e. The molecule has 1 aromatic heterocycles. The Hall–Kier alpha value is -1.86. The predicted molar refractivity (Wildman–Crippen MR) is 64.2 cm³/mol. The van der Waals surface area contributed by atoms with E-state index >= 15 is 0 Å². The Bertz CT molecular complexity index is 620. The zero-order valence-corrected chi connectivity index (χ0v) is 9.98. The third-order valence-electron chi connectivity index (χ3n) is 2.36. The Labute approximate surface area is 99.1 Å². The van der Waals surface area contributed by atoms with Gasteiger partial charge in [0.15, 0.2) is 0 Å². The molecule has 6 nitrogen and oxygen atoms in total. The van der Waals surface area contributed by atoms with Gasteiger partial charge in [-0.2, -0.15) is 0 Å². The van der Waals surface area contributed by atoms with Crippen molar-refractivity contribution >= 4 is 15.7 Å². The van der Waals surface area contributed by atoms with E-state index in [4.69, 9.17) is 5.73 Å². The molecule has 0 atom stereocenters. The first-order chi connectivity index (χ1) is 8.04. The molecule has 2 aromatic rings. The second-order valence-corrected chi connectivity index (χ2v) is 5.28. The number of sulfonamides is 1. The molecule has 3 N–H and O–H groups in total. The van der Waals surface area contributed by atoms with Crippen LogP contribution in [0.1, 0.15) is 0 Å². The number of hydrogen-bond donors (Lipinski definition) is 2. The lowest BCUT2D eigenvalue weighted by Gasteiger charge is -2.08. The number of hydrogen-bond acceptors (Lipinski definition) is 4. The topological polar surface area (TPSA) is 90.0 Å². The van der Waals surface area contributed by atoms with Crippen molar-refractivity contribution in [2.45, 2.75) is 4.90 Å². The van der Waals surface area contributed by atoms with Crippen LogP contribution in [-0.2, 0) is 10.0 Å². The van der Waals surface area contributed by atoms with Crippen LogP contribution in [-0.4, -0.2) is 25.0 Å². The standard InChI is InChI=1S/C10H12N4O2S/c1-12-17(15,16)8-2-3-10(9(11)6-8)14-5-4-13-7-14/h2-7,12H,11H2,1H3. The average molecular weight is 252 g/mol. The molecule has 0 saturated heterocycles. The third kappa shape index (κ3) is 2.15. The highest BCUT2D eigenvalue weighted by Crippen LogP contribution is 2.21. The van der Waals surface area contributed by atoms with Crippen LogP contribution in [0.3, 0.4) is 0 Å². The number of rotatable bonds is 3. The van der Waals surface area contributed by atoms with Crippen LogP contribution in [0.25, 0.3) is 5.69 Å². The van der Waals surface area contributed by atoms with Gasteiger partial charge in [-0.1, -0.05) is 0 Å². The zero-order chi connectivity index (χ0) is 12.5. The summed E-state index contributed by atoms with van der Waals surface area (Å²) in [5.41, 5.74) is 6.89. The summed E-state index contributed by atoms with van der Waals surface area (Å²) >= 11 is 0. The van der Waals surface area contributed by atoms with Crippen molar-refractivity contribution in [3.8, 4) is 5.69 Å². The Morgan fingerprint density at radius 1 is 1.41 bits per heavy atom. The van der Waals surface area contributed by atoms with Crippen LogP contribution < -0.4 is 10.5 Å². The molecule has 0 saturated carbocycles. The number of nitrogen functional groups attached to an aromatic ring is 1. The van der Waals surface area contributed by atoms with Crippen LogP contribution in [0.5, 0.6) is 0 Å². The van der Waals surface area contributed by atoms with Crippen molar-refractivity contribution < 1.29 is 8.42 Å². The maximum Gasteiger partial charge on any atom is 0.240 e. The highest BCUT2D eigenvalue weighted by atomic mass is 32.2. The van der Waals surface area contributed by atoms with Crippen molar-refractivity contribution in [1.82, 2.24) is 14.3 Å². The Kier molecular flexibility index (Phi) is 2.86. The number of nitrogens with one attached hydrogen (secondary N) is 1. The molecule has 0 bridgehead atoms. The smallest absolute Gasteiger partial charge is 0.240 e. The predicted octanol–water partition coefficient (Wildman–Crippen LogP) is 0.363. The fraction of sp³-hybridized carbons (Fsp3) is 0.100. The van der Waals surface area contributed by atoms with Gasteiger partial charge in [-0.3, -0.25) is 0 Å². The van der Waals surface area contributed by atoms with Gasteiger partial charge in [0.2, 0.25) is 10.0 Å². The van der Waals surface area contributed by atoms with E-state index < -0.39 is 10.0 Å². The number of benzene rings is 1. The molecule has 2 rings (SSSR count). The van der Waals surface area contributed by atoms with Gasteiger partial charge in [0.1, 0.15) is 0 Å². The largest absolute Gasteiger partial charge is 0.397 e. The molecule has 0 fully saturated rings. The number of aromatic nitrogens is 2. The van der Waals surface area contributed by atoms with Crippen molar-refractivity contribution in [3.63, 3.8) is 0 Å². The van der Waals surface area contributed by atoms with E-state index in [0.29, 0.717) is 11.4 Å². The summed E-state index contributed by atoms with van der Waals surface area (Å²) in [7, 11) is -2.10. The maximum absolute atomic E-state index is 11.6. The molecule has 0 amide bonds. The Balaban J connectivity index is 2.50. The molecule has 90 valence electrons. The van der Waals surface area contributed by atoms with E-state index in [1.54, 1.807) is 29.4 Å². The van der Waals surface area contributed by atoms with Crippen LogP contribution in [0.15, 0.2) is 41.8 Å². The molecular formula is C10H12N4O2S. The quantitative estimate of drug-likeness (QED) is 0.772. The molecule has 17 heavy (non-hydrogen) atoms. The molecule has 0 aliphatic carbocycles. The van der Waals surface area contributed by atoms with E-state index in [9.17, 15) is 8.42 Å². The molecule has 1 heterocycles. The normalized spacial score (nSPS) is 11.6. The summed E-state index contributed by atoms with van der Waals surface area (Å²) in [5, 5.41) is 0. The Morgan fingerprint density at radius 2 is 2.18 bits per heavy atom. The molecule has 0 unspecified atom stereocenters. The first-order valence-electron chi connectivity index (χ1n) is 4.86. The van der Waals surface area contributed by atoms with Crippen LogP contribution in [0, 0.1) is 0 Å². The maximum atomic E-state index is 11.6. The minimum absolute atomic E-state index is 0.140. The first kappa shape index (κ1) is 11.6. The summed E-state index contributed by atoms with van der Waals surface area (Å²) in [5.74, 6) is 0. The van der Waals surface area contributed by atoms with E-state index in [0.717, 1.165) is 0 Å². The van der Waals surface area contributed by atoms with E-state index in [-0.39, 0.29) is 4.90 Å². The molecular weight excluding hydrogens is 240 g/mol. The summed E-state index contributed by atoms with van der Waals surface area (Å²) in [6.45, 7) is 0. The fourth-order valence-electron chi connectivity index (χ4n) is 1.45. The highest BCUT2D eigenvalue weighted by molar-refractivity contribution is 7.89. The number of anilines is 1. The molecule has 0 aliphatic rings. The van der Waals surface area contributed by atoms with Gasteiger partial charge in [-0.15, -0.1) is 0 Å². The van der Waals surface area contributed by atoms with E-state index in [1.807, 2.05) is 0 Å². The lowest BCUT2D eigenvalue weighted by Crippen LogP contribution is -2.18. The lowest BCUT2D eigenvalue weighted by molar-refractivity contribution is 0.588. The fourth-order valence-corrected chi connectivity index (χ4v) is 2.22. The second kappa shape index (κ2) is 4.19. The van der Waals surface area contributed by atoms with E-state index in [2.05, 4.69) is 9.71 Å². The number of imidazole rings is 1. The first-order valence-corrected chi connectivity index (χ1v) is 6.34. The van der Waals surface area contributed by atoms with Gasteiger partial charge in [0, 0.05) is 12.4 Å². The zero-order valence-electron chi connectivity index (χ0n) is 9.16. The van der Waals surface area contributed by atoms with Crippen LogP contribution in [0.4, 0.5) is 5.69 Å². The van der Waals surface area contributed by atoms with Crippen molar-refractivity contribution in [2.24, 2.45) is 0 Å². The van der Waals surface area contributed by atoms with Gasteiger partial charge in [0.05, 0.1) is 22.6 Å². The SMILES string of the molecule is CNS(=O)(=O)c1ccc(-n2ccnc2)c(N)c1. The van der Waals surface area contributed by atoms with Crippen LogP contribution >= 0.6 is 0 Å². The third-order valence-corrected chi connectivity index (χ3v) is 3.77. The molecule has 0 spiro atoms. The van der Waals surface area contributed by atoms with Gasteiger partial charge >= 0.3 is 0 Å². The molecule has 0 aliphatic heterocycles. The Morgan fingerprint density at radius 3 is 2.71 bits per heavy atom. The number of nitrogens with zero attached hydrogens (tertiary/aromatic N) is 2. The number of nitrogens with two attached hydrogens (primary N) is 1. The second-order valence-electron chi connectivity index (χ2n) is 3.40. The van der Waals surface area contributed by atoms with E-state index in [1.165, 1.54) is 19.2 Å².